The minimum absolute atomic E-state index is 0.0925. The number of hydrogen-bond donors (Lipinski definition) is 0. The number of likely N-dealkylation sites (tertiary alicyclic amines) is 2. The Morgan fingerprint density at radius 1 is 0.971 bits per heavy atom. The molecule has 0 N–H and O–H groups in total. The van der Waals surface area contributed by atoms with Gasteiger partial charge in [0.25, 0.3) is 5.91 Å². The quantitative estimate of drug-likeness (QED) is 0.635. The lowest BCUT2D eigenvalue weighted by atomic mass is 9.85. The van der Waals surface area contributed by atoms with E-state index in [-0.39, 0.29) is 11.4 Å². The van der Waals surface area contributed by atoms with Gasteiger partial charge in [-0.2, -0.15) is 0 Å². The summed E-state index contributed by atoms with van der Waals surface area (Å²) in [5.74, 6) is 0.981. The highest BCUT2D eigenvalue weighted by Gasteiger charge is 2.40. The van der Waals surface area contributed by atoms with Crippen molar-refractivity contribution < 1.29 is 4.79 Å². The van der Waals surface area contributed by atoms with Crippen LogP contribution in [0, 0.1) is 19.8 Å². The Morgan fingerprint density at radius 2 is 1.59 bits per heavy atom. The van der Waals surface area contributed by atoms with Crippen molar-refractivity contribution >= 4 is 11.6 Å². The van der Waals surface area contributed by atoms with Gasteiger partial charge < -0.3 is 9.80 Å². The molecule has 2 aromatic rings. The van der Waals surface area contributed by atoms with E-state index in [1.165, 1.54) is 37.9 Å². The number of amides is 1. The summed E-state index contributed by atoms with van der Waals surface area (Å²) in [5, 5.41) is 0. The Balaban J connectivity index is 1.19. The summed E-state index contributed by atoms with van der Waals surface area (Å²) in [6.45, 7) is 11.3. The van der Waals surface area contributed by atoms with E-state index in [2.05, 4.69) is 57.0 Å². The number of hydrogen-bond acceptors (Lipinski definition) is 5. The van der Waals surface area contributed by atoms with Crippen LogP contribution in [0.25, 0.3) is 0 Å². The van der Waals surface area contributed by atoms with Crippen LogP contribution < -0.4 is 4.90 Å². The Labute approximate surface area is 204 Å². The van der Waals surface area contributed by atoms with E-state index in [9.17, 15) is 4.79 Å². The number of anilines is 1. The highest BCUT2D eigenvalue weighted by molar-refractivity contribution is 5.96. The lowest BCUT2D eigenvalue weighted by Gasteiger charge is -2.50. The predicted octanol–water partition coefficient (Wildman–Crippen LogP) is 4.47. The molecule has 1 amide bonds. The van der Waals surface area contributed by atoms with Gasteiger partial charge >= 0.3 is 0 Å². The summed E-state index contributed by atoms with van der Waals surface area (Å²) < 4.78 is 0. The Bertz CT molecular complexity index is 969. The van der Waals surface area contributed by atoms with Crippen LogP contribution in [0.5, 0.6) is 0 Å². The van der Waals surface area contributed by atoms with Gasteiger partial charge in [0.2, 0.25) is 0 Å². The smallest absolute Gasteiger partial charge is 0.257 e. The molecule has 1 aliphatic carbocycles. The fourth-order valence-corrected chi connectivity index (χ4v) is 5.95. The van der Waals surface area contributed by atoms with Crippen molar-refractivity contribution in [3.63, 3.8) is 0 Å². The second-order valence-electron chi connectivity index (χ2n) is 10.9. The molecule has 3 aliphatic rings. The summed E-state index contributed by atoms with van der Waals surface area (Å²) >= 11 is 0. The SMILES string of the molecule is Cc1ncnc(C)c1C(=O)N1CCC(C)(N2CCC(N(CC3CC3)c3ccccc3)CC2)CC1. The summed E-state index contributed by atoms with van der Waals surface area (Å²) in [7, 11) is 0. The highest BCUT2D eigenvalue weighted by Crippen LogP contribution is 2.36. The first-order chi connectivity index (χ1) is 16.4. The number of nitrogens with zero attached hydrogens (tertiary/aromatic N) is 5. The van der Waals surface area contributed by atoms with Gasteiger partial charge in [-0.25, -0.2) is 9.97 Å². The topological polar surface area (TPSA) is 52.6 Å². The van der Waals surface area contributed by atoms with E-state index in [0.717, 1.165) is 56.3 Å². The molecule has 3 heterocycles. The summed E-state index contributed by atoms with van der Waals surface area (Å²) in [4.78, 5) is 29.1. The predicted molar refractivity (Wildman–Crippen MR) is 136 cm³/mol. The lowest BCUT2D eigenvalue weighted by Crippen LogP contribution is -2.58. The first-order valence-electron chi connectivity index (χ1n) is 13.1. The van der Waals surface area contributed by atoms with Crippen molar-refractivity contribution in [1.82, 2.24) is 19.8 Å². The number of aromatic nitrogens is 2. The zero-order valence-electron chi connectivity index (χ0n) is 21.0. The third kappa shape index (κ3) is 4.83. The molecule has 2 saturated heterocycles. The number of rotatable bonds is 6. The van der Waals surface area contributed by atoms with Crippen molar-refractivity contribution in [2.45, 2.75) is 70.9 Å². The molecule has 5 rings (SSSR count). The minimum atomic E-state index is 0.0925. The molecule has 1 aromatic carbocycles. The maximum atomic E-state index is 13.2. The molecule has 1 aromatic heterocycles. The van der Waals surface area contributed by atoms with Crippen molar-refractivity contribution in [3.8, 4) is 0 Å². The van der Waals surface area contributed by atoms with E-state index in [1.54, 1.807) is 6.33 Å². The largest absolute Gasteiger partial charge is 0.368 e. The number of benzene rings is 1. The van der Waals surface area contributed by atoms with Crippen LogP contribution >= 0.6 is 0 Å². The third-order valence-electron chi connectivity index (χ3n) is 8.48. The van der Waals surface area contributed by atoms with Crippen LogP contribution in [0.3, 0.4) is 0 Å². The van der Waals surface area contributed by atoms with Crippen LogP contribution in [0.4, 0.5) is 5.69 Å². The Morgan fingerprint density at radius 3 is 2.18 bits per heavy atom. The van der Waals surface area contributed by atoms with Crippen LogP contribution in [0.1, 0.15) is 67.2 Å². The summed E-state index contributed by atoms with van der Waals surface area (Å²) in [6, 6.07) is 11.7. The molecule has 1 saturated carbocycles. The van der Waals surface area contributed by atoms with Crippen molar-refractivity contribution in [2.75, 3.05) is 37.6 Å². The number of piperidine rings is 2. The second-order valence-corrected chi connectivity index (χ2v) is 10.9. The molecule has 0 radical (unpaired) electrons. The molecule has 2 aliphatic heterocycles. The highest BCUT2D eigenvalue weighted by atomic mass is 16.2. The molecule has 34 heavy (non-hydrogen) atoms. The normalized spacial score (nSPS) is 21.4. The maximum absolute atomic E-state index is 13.2. The molecular weight excluding hydrogens is 422 g/mol. The summed E-state index contributed by atoms with van der Waals surface area (Å²) in [5.41, 5.74) is 3.81. The van der Waals surface area contributed by atoms with Gasteiger partial charge in [-0.3, -0.25) is 9.69 Å². The van der Waals surface area contributed by atoms with Gasteiger partial charge in [-0.15, -0.1) is 0 Å². The summed E-state index contributed by atoms with van der Waals surface area (Å²) in [6.07, 6.45) is 8.83. The number of carbonyl (C=O) groups excluding carboxylic acids is 1. The van der Waals surface area contributed by atoms with Gasteiger partial charge in [-0.05, 0) is 77.3 Å². The molecule has 0 atom stereocenters. The van der Waals surface area contributed by atoms with E-state index in [4.69, 9.17) is 0 Å². The fraction of sp³-hybridized carbons (Fsp3) is 0.607. The van der Waals surface area contributed by atoms with E-state index >= 15 is 0 Å². The van der Waals surface area contributed by atoms with Crippen LogP contribution in [0.15, 0.2) is 36.7 Å². The monoisotopic (exact) mass is 461 g/mol. The molecule has 3 fully saturated rings. The first-order valence-corrected chi connectivity index (χ1v) is 13.1. The van der Waals surface area contributed by atoms with Gasteiger partial charge in [0.1, 0.15) is 6.33 Å². The molecule has 6 nitrogen and oxygen atoms in total. The molecule has 0 unspecified atom stereocenters. The van der Waals surface area contributed by atoms with Gasteiger partial charge in [0.05, 0.1) is 17.0 Å². The Hall–Kier alpha value is -2.47. The first kappa shape index (κ1) is 23.3. The van der Waals surface area contributed by atoms with E-state index < -0.39 is 0 Å². The molecule has 0 bridgehead atoms. The molecule has 182 valence electrons. The van der Waals surface area contributed by atoms with Crippen LogP contribution in [-0.2, 0) is 0 Å². The number of aryl methyl sites for hydroxylation is 2. The van der Waals surface area contributed by atoms with Crippen LogP contribution in [0.2, 0.25) is 0 Å². The van der Waals surface area contributed by atoms with Crippen LogP contribution in [-0.4, -0.2) is 70.0 Å². The van der Waals surface area contributed by atoms with Gasteiger partial charge in [-0.1, -0.05) is 18.2 Å². The zero-order chi connectivity index (χ0) is 23.7. The van der Waals surface area contributed by atoms with Crippen molar-refractivity contribution in [1.29, 1.82) is 0 Å². The van der Waals surface area contributed by atoms with Gasteiger partial charge in [0.15, 0.2) is 0 Å². The molecular formula is C28H39N5O. The zero-order valence-corrected chi connectivity index (χ0v) is 21.0. The third-order valence-corrected chi connectivity index (χ3v) is 8.48. The fourth-order valence-electron chi connectivity index (χ4n) is 5.95. The maximum Gasteiger partial charge on any atom is 0.257 e. The minimum Gasteiger partial charge on any atom is -0.368 e. The van der Waals surface area contributed by atoms with Crippen molar-refractivity contribution in [2.24, 2.45) is 5.92 Å². The average molecular weight is 462 g/mol. The number of para-hydroxylation sites is 1. The standard InChI is InChI=1S/C28H39N5O/c1-21-26(22(2)30-20-29-21)27(34)31-17-13-28(3,14-18-31)32-15-11-25(12-16-32)33(19-23-9-10-23)24-7-5-4-6-8-24/h4-8,20,23,25H,9-19H2,1-3H3. The Kier molecular flexibility index (Phi) is 6.61. The second kappa shape index (κ2) is 9.65. The lowest BCUT2D eigenvalue weighted by molar-refractivity contribution is 0.0170. The molecule has 0 spiro atoms. The van der Waals surface area contributed by atoms with E-state index in [1.807, 2.05) is 18.7 Å². The van der Waals surface area contributed by atoms with E-state index in [0.29, 0.717) is 11.6 Å². The average Bonchev–Trinajstić information content (AvgIpc) is 3.68. The van der Waals surface area contributed by atoms with Crippen molar-refractivity contribution in [3.05, 3.63) is 53.6 Å². The molecule has 6 heteroatoms. The number of carbonyl (C=O) groups is 1. The van der Waals surface area contributed by atoms with Gasteiger partial charge in [0, 0.05) is 50.0 Å².